The smallest absolute Gasteiger partial charge is 0.222 e. The summed E-state index contributed by atoms with van der Waals surface area (Å²) in [5.41, 5.74) is 0. The fourth-order valence-corrected chi connectivity index (χ4v) is 2.69. The number of hydrogen-bond donors (Lipinski definition) is 0. The Hall–Kier alpha value is -1.55. The summed E-state index contributed by atoms with van der Waals surface area (Å²) in [6.07, 6.45) is 8.67. The molecule has 0 aromatic carbocycles. The Morgan fingerprint density at radius 2 is 1.63 bits per heavy atom. The van der Waals surface area contributed by atoms with Gasteiger partial charge in [0.15, 0.2) is 0 Å². The summed E-state index contributed by atoms with van der Waals surface area (Å²) in [6, 6.07) is 4.12. The van der Waals surface area contributed by atoms with Crippen molar-refractivity contribution >= 4 is 5.91 Å². The van der Waals surface area contributed by atoms with Gasteiger partial charge in [-0.3, -0.25) is 4.79 Å². The van der Waals surface area contributed by atoms with Crippen molar-refractivity contribution in [1.82, 2.24) is 4.90 Å². The van der Waals surface area contributed by atoms with Gasteiger partial charge < -0.3 is 4.90 Å². The molecule has 1 amide bonds. The van der Waals surface area contributed by atoms with Gasteiger partial charge in [-0.05, 0) is 12.3 Å². The molecule has 0 aromatic rings. The molecule has 0 aliphatic heterocycles. The van der Waals surface area contributed by atoms with Crippen LogP contribution in [-0.4, -0.2) is 23.9 Å². The Balaban J connectivity index is 2.33. The first-order chi connectivity index (χ1) is 9.27. The van der Waals surface area contributed by atoms with Crippen molar-refractivity contribution in [3.63, 3.8) is 0 Å². The predicted octanol–water partition coefficient (Wildman–Crippen LogP) is 3.00. The van der Waals surface area contributed by atoms with Gasteiger partial charge in [-0.2, -0.15) is 10.5 Å². The molecule has 1 saturated carbocycles. The molecule has 0 spiro atoms. The van der Waals surface area contributed by atoms with Gasteiger partial charge >= 0.3 is 0 Å². The van der Waals surface area contributed by atoms with E-state index in [9.17, 15) is 4.79 Å². The van der Waals surface area contributed by atoms with Crippen LogP contribution in [0.5, 0.6) is 0 Å². The molecule has 0 N–H and O–H groups in total. The third kappa shape index (κ3) is 6.25. The summed E-state index contributed by atoms with van der Waals surface area (Å²) < 4.78 is 0. The van der Waals surface area contributed by atoms with Gasteiger partial charge in [0.2, 0.25) is 5.91 Å². The number of rotatable bonds is 7. The van der Waals surface area contributed by atoms with Crippen LogP contribution in [0.1, 0.15) is 57.8 Å². The Kier molecular flexibility index (Phi) is 7.66. The summed E-state index contributed by atoms with van der Waals surface area (Å²) >= 11 is 0. The second-order valence-electron chi connectivity index (χ2n) is 5.24. The minimum atomic E-state index is 0.107. The zero-order chi connectivity index (χ0) is 13.9. The Labute approximate surface area is 116 Å². The molecule has 0 radical (unpaired) electrons. The molecule has 0 heterocycles. The maximum absolute atomic E-state index is 12.1. The first-order valence-corrected chi connectivity index (χ1v) is 7.29. The summed E-state index contributed by atoms with van der Waals surface area (Å²) in [7, 11) is 0. The van der Waals surface area contributed by atoms with Gasteiger partial charge in [-0.25, -0.2) is 0 Å². The maximum atomic E-state index is 12.1. The molecular weight excluding hydrogens is 238 g/mol. The average molecular weight is 261 g/mol. The lowest BCUT2D eigenvalue weighted by Gasteiger charge is -2.24. The second-order valence-corrected chi connectivity index (χ2v) is 5.24. The van der Waals surface area contributed by atoms with E-state index >= 15 is 0 Å². The predicted molar refractivity (Wildman–Crippen MR) is 72.8 cm³/mol. The summed E-state index contributed by atoms with van der Waals surface area (Å²) in [5.74, 6) is 0.808. The lowest BCUT2D eigenvalue weighted by Crippen LogP contribution is -2.33. The Morgan fingerprint density at radius 3 is 2.16 bits per heavy atom. The van der Waals surface area contributed by atoms with E-state index in [1.54, 1.807) is 4.90 Å². The van der Waals surface area contributed by atoms with E-state index in [0.29, 0.717) is 38.3 Å². The van der Waals surface area contributed by atoms with Gasteiger partial charge in [-0.15, -0.1) is 0 Å². The van der Waals surface area contributed by atoms with Gasteiger partial charge in [0.25, 0.3) is 0 Å². The van der Waals surface area contributed by atoms with Crippen molar-refractivity contribution in [3.05, 3.63) is 0 Å². The van der Waals surface area contributed by atoms with Crippen LogP contribution in [0.4, 0.5) is 0 Å². The topological polar surface area (TPSA) is 67.9 Å². The van der Waals surface area contributed by atoms with Crippen molar-refractivity contribution in [3.8, 4) is 12.1 Å². The third-order valence-electron chi connectivity index (χ3n) is 3.83. The molecule has 0 aromatic heterocycles. The lowest BCUT2D eigenvalue weighted by molar-refractivity contribution is -0.131. The molecule has 4 heteroatoms. The van der Waals surface area contributed by atoms with Crippen LogP contribution >= 0.6 is 0 Å². The summed E-state index contributed by atoms with van der Waals surface area (Å²) in [4.78, 5) is 13.8. The number of nitrogens with zero attached hydrogens (tertiary/aromatic N) is 3. The minimum Gasteiger partial charge on any atom is -0.341 e. The molecule has 0 unspecified atom stereocenters. The molecule has 1 aliphatic rings. The zero-order valence-corrected chi connectivity index (χ0v) is 11.6. The minimum absolute atomic E-state index is 0.107. The summed E-state index contributed by atoms with van der Waals surface area (Å²) in [6.45, 7) is 0.920. The molecule has 1 rings (SSSR count). The maximum Gasteiger partial charge on any atom is 0.222 e. The molecule has 0 saturated heterocycles. The molecule has 0 atom stereocenters. The molecule has 0 bridgehead atoms. The van der Waals surface area contributed by atoms with Gasteiger partial charge in [-0.1, -0.05) is 32.1 Å². The molecule has 1 aliphatic carbocycles. The fourth-order valence-electron chi connectivity index (χ4n) is 2.69. The second kappa shape index (κ2) is 9.39. The SMILES string of the molecule is N#CCCN(CCC#N)C(=O)CCC1CCCCC1. The standard InChI is InChI=1S/C15H23N3O/c16-10-4-12-18(13-5-11-17)15(19)9-8-14-6-2-1-3-7-14/h14H,1-9,12-13H2. The van der Waals surface area contributed by atoms with Crippen molar-refractivity contribution in [2.75, 3.05) is 13.1 Å². The van der Waals surface area contributed by atoms with Crippen LogP contribution in [0.3, 0.4) is 0 Å². The average Bonchev–Trinajstić information content (AvgIpc) is 2.46. The Morgan fingerprint density at radius 1 is 1.05 bits per heavy atom. The fraction of sp³-hybridized carbons (Fsp3) is 0.800. The highest BCUT2D eigenvalue weighted by molar-refractivity contribution is 5.76. The van der Waals surface area contributed by atoms with E-state index in [1.807, 2.05) is 0 Å². The lowest BCUT2D eigenvalue weighted by atomic mass is 9.86. The molecular formula is C15H23N3O. The number of amides is 1. The van der Waals surface area contributed by atoms with E-state index in [4.69, 9.17) is 10.5 Å². The van der Waals surface area contributed by atoms with Crippen molar-refractivity contribution in [2.24, 2.45) is 5.92 Å². The first-order valence-electron chi connectivity index (χ1n) is 7.29. The van der Waals surface area contributed by atoms with E-state index in [1.165, 1.54) is 32.1 Å². The molecule has 4 nitrogen and oxygen atoms in total. The van der Waals surface area contributed by atoms with Crippen molar-refractivity contribution < 1.29 is 4.79 Å². The van der Waals surface area contributed by atoms with E-state index in [-0.39, 0.29) is 5.91 Å². The van der Waals surface area contributed by atoms with Crippen LogP contribution < -0.4 is 0 Å². The van der Waals surface area contributed by atoms with Gasteiger partial charge in [0.1, 0.15) is 0 Å². The van der Waals surface area contributed by atoms with E-state index in [0.717, 1.165) is 6.42 Å². The van der Waals surface area contributed by atoms with Crippen LogP contribution in [0, 0.1) is 28.6 Å². The quantitative estimate of drug-likeness (QED) is 0.707. The monoisotopic (exact) mass is 261 g/mol. The van der Waals surface area contributed by atoms with Crippen molar-refractivity contribution in [2.45, 2.75) is 57.8 Å². The number of nitriles is 2. The number of hydrogen-bond acceptors (Lipinski definition) is 3. The number of carbonyl (C=O) groups is 1. The summed E-state index contributed by atoms with van der Waals surface area (Å²) in [5, 5.41) is 17.2. The third-order valence-corrected chi connectivity index (χ3v) is 3.83. The Bertz CT molecular complexity index is 329. The van der Waals surface area contributed by atoms with Crippen LogP contribution in [0.2, 0.25) is 0 Å². The van der Waals surface area contributed by atoms with E-state index in [2.05, 4.69) is 12.1 Å². The zero-order valence-electron chi connectivity index (χ0n) is 11.6. The highest BCUT2D eigenvalue weighted by Gasteiger charge is 2.17. The van der Waals surface area contributed by atoms with Crippen LogP contribution in [0.15, 0.2) is 0 Å². The number of carbonyl (C=O) groups excluding carboxylic acids is 1. The normalized spacial score (nSPS) is 15.5. The van der Waals surface area contributed by atoms with Crippen molar-refractivity contribution in [1.29, 1.82) is 10.5 Å². The molecule has 1 fully saturated rings. The van der Waals surface area contributed by atoms with Gasteiger partial charge in [0.05, 0.1) is 25.0 Å². The molecule has 19 heavy (non-hydrogen) atoms. The largest absolute Gasteiger partial charge is 0.341 e. The van der Waals surface area contributed by atoms with E-state index < -0.39 is 0 Å². The van der Waals surface area contributed by atoms with Gasteiger partial charge in [0, 0.05) is 19.5 Å². The van der Waals surface area contributed by atoms with Crippen LogP contribution in [-0.2, 0) is 4.79 Å². The molecule has 104 valence electrons. The highest BCUT2D eigenvalue weighted by Crippen LogP contribution is 2.27. The van der Waals surface area contributed by atoms with Crippen LogP contribution in [0.25, 0.3) is 0 Å². The first kappa shape index (κ1) is 15.5. The highest BCUT2D eigenvalue weighted by atomic mass is 16.2.